The van der Waals surface area contributed by atoms with E-state index >= 15 is 0 Å². The van der Waals surface area contributed by atoms with E-state index < -0.39 is 11.7 Å². The summed E-state index contributed by atoms with van der Waals surface area (Å²) >= 11 is 0. The third kappa shape index (κ3) is 2.93. The molecule has 0 saturated heterocycles. The van der Waals surface area contributed by atoms with Gasteiger partial charge < -0.3 is 10.1 Å². The number of carbonyl (C=O) groups is 1. The van der Waals surface area contributed by atoms with Gasteiger partial charge in [-0.1, -0.05) is 19.1 Å². The van der Waals surface area contributed by atoms with Gasteiger partial charge in [-0.2, -0.15) is 0 Å². The van der Waals surface area contributed by atoms with Crippen LogP contribution in [0.4, 0.5) is 10.2 Å². The minimum atomic E-state index is -0.574. The number of ether oxygens (including phenoxy) is 1. The highest BCUT2D eigenvalue weighted by atomic mass is 19.1. The van der Waals surface area contributed by atoms with Gasteiger partial charge in [0.25, 0.3) is 5.91 Å². The topological polar surface area (TPSA) is 51.2 Å². The van der Waals surface area contributed by atoms with Crippen molar-refractivity contribution in [1.29, 1.82) is 0 Å². The van der Waals surface area contributed by atoms with E-state index in [2.05, 4.69) is 10.3 Å². The molecule has 2 rings (SSSR count). The fourth-order valence-corrected chi connectivity index (χ4v) is 1.82. The molecule has 0 radical (unpaired) electrons. The zero-order valence-corrected chi connectivity index (χ0v) is 11.3. The number of nitrogens with zero attached hydrogens (tertiary/aromatic N) is 1. The highest BCUT2D eigenvalue weighted by Crippen LogP contribution is 2.23. The first kappa shape index (κ1) is 14.0. The molecule has 5 heteroatoms. The number of carbonyl (C=O) groups excluding carboxylic acids is 1. The fourth-order valence-electron chi connectivity index (χ4n) is 1.82. The van der Waals surface area contributed by atoms with Crippen LogP contribution >= 0.6 is 0 Å². The molecule has 0 unspecified atom stereocenters. The van der Waals surface area contributed by atoms with E-state index in [1.165, 1.54) is 25.3 Å². The molecule has 0 aliphatic heterocycles. The standard InChI is InChI=1S/C15H15FN2O2/c1-3-10-6-4-9-13(17-10)18-15(19)11-7-5-8-12(16)14(11)20-2/h4-9H,3H2,1-2H3,(H,17,18,19). The summed E-state index contributed by atoms with van der Waals surface area (Å²) in [4.78, 5) is 16.4. The summed E-state index contributed by atoms with van der Waals surface area (Å²) in [6.45, 7) is 1.98. The Balaban J connectivity index is 2.26. The second-order valence-electron chi connectivity index (χ2n) is 4.14. The van der Waals surface area contributed by atoms with Crippen molar-refractivity contribution < 1.29 is 13.9 Å². The first-order valence-corrected chi connectivity index (χ1v) is 6.25. The number of benzene rings is 1. The van der Waals surface area contributed by atoms with Crippen molar-refractivity contribution in [2.45, 2.75) is 13.3 Å². The number of anilines is 1. The zero-order valence-electron chi connectivity index (χ0n) is 11.3. The maximum absolute atomic E-state index is 13.5. The lowest BCUT2D eigenvalue weighted by molar-refractivity contribution is 0.102. The highest BCUT2D eigenvalue weighted by Gasteiger charge is 2.16. The molecule has 1 N–H and O–H groups in total. The number of halogens is 1. The second-order valence-corrected chi connectivity index (χ2v) is 4.14. The van der Waals surface area contributed by atoms with Crippen LogP contribution in [-0.4, -0.2) is 18.0 Å². The molecule has 0 atom stereocenters. The van der Waals surface area contributed by atoms with Gasteiger partial charge in [0.05, 0.1) is 12.7 Å². The Kier molecular flexibility index (Phi) is 4.30. The average Bonchev–Trinajstić information content (AvgIpc) is 2.47. The summed E-state index contributed by atoms with van der Waals surface area (Å²) in [5.41, 5.74) is 1.00. The summed E-state index contributed by atoms with van der Waals surface area (Å²) in [5, 5.41) is 2.64. The van der Waals surface area contributed by atoms with E-state index in [-0.39, 0.29) is 11.3 Å². The Bertz CT molecular complexity index is 629. The number of hydrogen-bond donors (Lipinski definition) is 1. The van der Waals surface area contributed by atoms with Crippen LogP contribution in [0.25, 0.3) is 0 Å². The smallest absolute Gasteiger partial charge is 0.260 e. The molecule has 0 bridgehead atoms. The molecule has 1 aromatic heterocycles. The van der Waals surface area contributed by atoms with Crippen molar-refractivity contribution >= 4 is 11.7 Å². The largest absolute Gasteiger partial charge is 0.493 e. The molecule has 0 saturated carbocycles. The van der Waals surface area contributed by atoms with Crippen molar-refractivity contribution in [3.8, 4) is 5.75 Å². The van der Waals surface area contributed by atoms with Crippen LogP contribution in [0.15, 0.2) is 36.4 Å². The van der Waals surface area contributed by atoms with Gasteiger partial charge in [-0.05, 0) is 30.7 Å². The number of methoxy groups -OCH3 is 1. The van der Waals surface area contributed by atoms with Crippen LogP contribution < -0.4 is 10.1 Å². The van der Waals surface area contributed by atoms with Gasteiger partial charge in [-0.3, -0.25) is 4.79 Å². The van der Waals surface area contributed by atoms with Gasteiger partial charge in [0.15, 0.2) is 11.6 Å². The minimum absolute atomic E-state index is 0.0725. The van der Waals surface area contributed by atoms with Crippen molar-refractivity contribution in [3.05, 3.63) is 53.5 Å². The van der Waals surface area contributed by atoms with Crippen LogP contribution in [-0.2, 0) is 6.42 Å². The number of pyridine rings is 1. The molecular formula is C15H15FN2O2. The van der Waals surface area contributed by atoms with Crippen LogP contribution in [0.2, 0.25) is 0 Å². The number of nitrogens with one attached hydrogen (secondary N) is 1. The average molecular weight is 274 g/mol. The molecule has 104 valence electrons. The lowest BCUT2D eigenvalue weighted by atomic mass is 10.2. The Labute approximate surface area is 116 Å². The molecular weight excluding hydrogens is 259 g/mol. The molecule has 1 amide bonds. The summed E-state index contributed by atoms with van der Waals surface area (Å²) in [6.07, 6.45) is 0.771. The number of amides is 1. The van der Waals surface area contributed by atoms with Crippen LogP contribution in [0, 0.1) is 5.82 Å². The highest BCUT2D eigenvalue weighted by molar-refractivity contribution is 6.05. The Morgan fingerprint density at radius 2 is 2.05 bits per heavy atom. The summed E-state index contributed by atoms with van der Waals surface area (Å²) in [5.74, 6) is -0.671. The SMILES string of the molecule is CCc1cccc(NC(=O)c2cccc(F)c2OC)n1. The number of aromatic nitrogens is 1. The van der Waals surface area contributed by atoms with E-state index in [1.54, 1.807) is 6.07 Å². The van der Waals surface area contributed by atoms with Crippen molar-refractivity contribution in [1.82, 2.24) is 4.98 Å². The molecule has 20 heavy (non-hydrogen) atoms. The number of rotatable bonds is 4. The van der Waals surface area contributed by atoms with E-state index in [4.69, 9.17) is 4.74 Å². The van der Waals surface area contributed by atoms with Gasteiger partial charge in [-0.15, -0.1) is 0 Å². The summed E-state index contributed by atoms with van der Waals surface area (Å²) in [7, 11) is 1.32. The third-order valence-corrected chi connectivity index (χ3v) is 2.83. The number of hydrogen-bond acceptors (Lipinski definition) is 3. The van der Waals surface area contributed by atoms with E-state index in [0.29, 0.717) is 5.82 Å². The Morgan fingerprint density at radius 1 is 1.30 bits per heavy atom. The summed E-state index contributed by atoms with van der Waals surface area (Å²) in [6, 6.07) is 9.57. The molecule has 4 nitrogen and oxygen atoms in total. The van der Waals surface area contributed by atoms with E-state index in [0.717, 1.165) is 12.1 Å². The lowest BCUT2D eigenvalue weighted by Gasteiger charge is -2.10. The first-order valence-electron chi connectivity index (χ1n) is 6.25. The summed E-state index contributed by atoms with van der Waals surface area (Å²) < 4.78 is 18.5. The minimum Gasteiger partial charge on any atom is -0.493 e. The van der Waals surface area contributed by atoms with Gasteiger partial charge in [-0.25, -0.2) is 9.37 Å². The fraction of sp³-hybridized carbons (Fsp3) is 0.200. The second kappa shape index (κ2) is 6.14. The molecule has 2 aromatic rings. The van der Waals surface area contributed by atoms with Crippen molar-refractivity contribution in [2.24, 2.45) is 0 Å². The van der Waals surface area contributed by atoms with E-state index in [1.807, 2.05) is 19.1 Å². The zero-order chi connectivity index (χ0) is 14.5. The Morgan fingerprint density at radius 3 is 2.75 bits per heavy atom. The predicted molar refractivity (Wildman–Crippen MR) is 74.5 cm³/mol. The molecule has 0 aliphatic rings. The van der Waals surface area contributed by atoms with Crippen molar-refractivity contribution in [3.63, 3.8) is 0 Å². The maximum atomic E-state index is 13.5. The monoisotopic (exact) mass is 274 g/mol. The normalized spacial score (nSPS) is 10.2. The molecule has 0 aliphatic carbocycles. The van der Waals surface area contributed by atoms with Gasteiger partial charge in [0.1, 0.15) is 5.82 Å². The van der Waals surface area contributed by atoms with E-state index in [9.17, 15) is 9.18 Å². The predicted octanol–water partition coefficient (Wildman–Crippen LogP) is 3.04. The maximum Gasteiger partial charge on any atom is 0.260 e. The molecule has 1 heterocycles. The van der Waals surface area contributed by atoms with Crippen LogP contribution in [0.5, 0.6) is 5.75 Å². The quantitative estimate of drug-likeness (QED) is 0.932. The third-order valence-electron chi connectivity index (χ3n) is 2.83. The first-order chi connectivity index (χ1) is 9.65. The molecule has 0 spiro atoms. The lowest BCUT2D eigenvalue weighted by Crippen LogP contribution is -2.15. The molecule has 1 aromatic carbocycles. The van der Waals surface area contributed by atoms with Gasteiger partial charge in [0.2, 0.25) is 0 Å². The van der Waals surface area contributed by atoms with Crippen LogP contribution in [0.1, 0.15) is 23.0 Å². The van der Waals surface area contributed by atoms with Gasteiger partial charge in [0, 0.05) is 5.69 Å². The number of para-hydroxylation sites is 1. The van der Waals surface area contributed by atoms with Crippen molar-refractivity contribution in [2.75, 3.05) is 12.4 Å². The number of aryl methyl sites for hydroxylation is 1. The molecule has 0 fully saturated rings. The van der Waals surface area contributed by atoms with Crippen LogP contribution in [0.3, 0.4) is 0 Å². The van der Waals surface area contributed by atoms with Gasteiger partial charge >= 0.3 is 0 Å². The Hall–Kier alpha value is -2.43.